The van der Waals surface area contributed by atoms with Crippen molar-refractivity contribution in [2.75, 3.05) is 26.2 Å². The molecule has 6 nitrogen and oxygen atoms in total. The zero-order valence-corrected chi connectivity index (χ0v) is 16.5. The van der Waals surface area contributed by atoms with Gasteiger partial charge in [0, 0.05) is 38.3 Å². The van der Waals surface area contributed by atoms with E-state index in [4.69, 9.17) is 0 Å². The van der Waals surface area contributed by atoms with Crippen LogP contribution in [0.1, 0.15) is 38.5 Å². The SMILES string of the molecule is O=C(NC1CCN(C2CC2)CC1)C1CCCN(S(=O)(=O)c2ccccc2)C1. The van der Waals surface area contributed by atoms with E-state index in [2.05, 4.69) is 10.2 Å². The minimum Gasteiger partial charge on any atom is -0.353 e. The van der Waals surface area contributed by atoms with Gasteiger partial charge in [-0.3, -0.25) is 4.79 Å². The minimum absolute atomic E-state index is 0.0211. The van der Waals surface area contributed by atoms with Crippen molar-refractivity contribution < 1.29 is 13.2 Å². The van der Waals surface area contributed by atoms with Gasteiger partial charge in [-0.05, 0) is 50.7 Å². The van der Waals surface area contributed by atoms with Crippen LogP contribution in [0.2, 0.25) is 0 Å². The number of carbonyl (C=O) groups is 1. The summed E-state index contributed by atoms with van der Waals surface area (Å²) in [6.07, 6.45) is 6.13. The molecule has 1 unspecified atom stereocenters. The van der Waals surface area contributed by atoms with Gasteiger partial charge in [-0.2, -0.15) is 4.31 Å². The maximum absolute atomic E-state index is 12.8. The summed E-state index contributed by atoms with van der Waals surface area (Å²) in [5.41, 5.74) is 0. The molecule has 1 saturated carbocycles. The number of amides is 1. The Morgan fingerprint density at radius 2 is 1.67 bits per heavy atom. The average Bonchev–Trinajstić information content (AvgIpc) is 3.55. The first kappa shape index (κ1) is 18.9. The summed E-state index contributed by atoms with van der Waals surface area (Å²) in [7, 11) is -3.52. The fraction of sp³-hybridized carbons (Fsp3) is 0.650. The van der Waals surface area contributed by atoms with Crippen LogP contribution in [0.4, 0.5) is 0 Å². The van der Waals surface area contributed by atoms with Crippen molar-refractivity contribution in [2.24, 2.45) is 5.92 Å². The molecular weight excluding hydrogens is 362 g/mol. The van der Waals surface area contributed by atoms with E-state index in [1.54, 1.807) is 30.3 Å². The summed E-state index contributed by atoms with van der Waals surface area (Å²) < 4.78 is 27.2. The molecule has 148 valence electrons. The molecule has 27 heavy (non-hydrogen) atoms. The van der Waals surface area contributed by atoms with Crippen LogP contribution < -0.4 is 5.32 Å². The van der Waals surface area contributed by atoms with Crippen molar-refractivity contribution in [2.45, 2.75) is 55.5 Å². The van der Waals surface area contributed by atoms with E-state index in [-0.39, 0.29) is 24.4 Å². The fourth-order valence-corrected chi connectivity index (χ4v) is 5.83. The summed E-state index contributed by atoms with van der Waals surface area (Å²) in [5.74, 6) is -0.230. The molecule has 1 atom stereocenters. The lowest BCUT2D eigenvalue weighted by molar-refractivity contribution is -0.127. The maximum Gasteiger partial charge on any atom is 0.243 e. The Bertz CT molecular complexity index is 756. The van der Waals surface area contributed by atoms with E-state index >= 15 is 0 Å². The molecule has 7 heteroatoms. The van der Waals surface area contributed by atoms with Gasteiger partial charge in [-0.1, -0.05) is 18.2 Å². The first-order valence-corrected chi connectivity index (χ1v) is 11.6. The number of nitrogens with zero attached hydrogens (tertiary/aromatic N) is 2. The van der Waals surface area contributed by atoms with Gasteiger partial charge in [0.05, 0.1) is 10.8 Å². The van der Waals surface area contributed by atoms with Crippen LogP contribution in [0.3, 0.4) is 0 Å². The summed E-state index contributed by atoms with van der Waals surface area (Å²) >= 11 is 0. The molecule has 3 aliphatic rings. The highest BCUT2D eigenvalue weighted by Gasteiger charge is 2.35. The third-order valence-corrected chi connectivity index (χ3v) is 7.95. The Hall–Kier alpha value is -1.44. The second-order valence-electron chi connectivity index (χ2n) is 8.07. The van der Waals surface area contributed by atoms with E-state index in [9.17, 15) is 13.2 Å². The number of piperidine rings is 2. The Balaban J connectivity index is 1.33. The molecule has 2 heterocycles. The topological polar surface area (TPSA) is 69.7 Å². The fourth-order valence-electron chi connectivity index (χ4n) is 4.28. The normalized spacial score (nSPS) is 26.0. The van der Waals surface area contributed by atoms with Gasteiger partial charge in [0.1, 0.15) is 0 Å². The lowest BCUT2D eigenvalue weighted by Crippen LogP contribution is -2.50. The van der Waals surface area contributed by atoms with Crippen LogP contribution >= 0.6 is 0 Å². The number of rotatable bonds is 5. The third-order valence-electron chi connectivity index (χ3n) is 6.08. The molecule has 0 aromatic heterocycles. The maximum atomic E-state index is 12.8. The number of carbonyl (C=O) groups excluding carboxylic acids is 1. The minimum atomic E-state index is -3.52. The molecule has 2 saturated heterocycles. The summed E-state index contributed by atoms with van der Waals surface area (Å²) in [6, 6.07) is 9.52. The van der Waals surface area contributed by atoms with Crippen LogP contribution in [-0.4, -0.2) is 61.8 Å². The molecule has 1 aliphatic carbocycles. The molecule has 1 aromatic carbocycles. The molecule has 0 spiro atoms. The van der Waals surface area contributed by atoms with Gasteiger partial charge in [0.25, 0.3) is 0 Å². The van der Waals surface area contributed by atoms with Gasteiger partial charge in [-0.15, -0.1) is 0 Å². The number of nitrogens with one attached hydrogen (secondary N) is 1. The third kappa shape index (κ3) is 4.36. The Labute approximate surface area is 162 Å². The summed E-state index contributed by atoms with van der Waals surface area (Å²) in [5, 5.41) is 3.19. The standard InChI is InChI=1S/C20H29N3O3S/c24-20(21-17-10-13-22(14-11-17)18-8-9-18)16-5-4-12-23(15-16)27(25,26)19-6-2-1-3-7-19/h1-3,6-7,16-18H,4-5,8-15H2,(H,21,24). The highest BCUT2D eigenvalue weighted by molar-refractivity contribution is 7.89. The number of likely N-dealkylation sites (tertiary alicyclic amines) is 1. The van der Waals surface area contributed by atoms with E-state index < -0.39 is 10.0 Å². The van der Waals surface area contributed by atoms with E-state index in [0.717, 1.165) is 44.8 Å². The van der Waals surface area contributed by atoms with Crippen molar-refractivity contribution in [1.29, 1.82) is 0 Å². The van der Waals surface area contributed by atoms with Crippen molar-refractivity contribution in [1.82, 2.24) is 14.5 Å². The Morgan fingerprint density at radius 3 is 2.33 bits per heavy atom. The van der Waals surface area contributed by atoms with E-state index in [0.29, 0.717) is 11.4 Å². The summed E-state index contributed by atoms with van der Waals surface area (Å²) in [6.45, 7) is 2.90. The lowest BCUT2D eigenvalue weighted by Gasteiger charge is -2.35. The molecule has 0 radical (unpaired) electrons. The lowest BCUT2D eigenvalue weighted by atomic mass is 9.97. The second-order valence-corrected chi connectivity index (χ2v) is 10.0. The predicted molar refractivity (Wildman–Crippen MR) is 104 cm³/mol. The number of hydrogen-bond acceptors (Lipinski definition) is 4. The highest BCUT2D eigenvalue weighted by Crippen LogP contribution is 2.29. The van der Waals surface area contributed by atoms with Gasteiger partial charge in [0.2, 0.25) is 15.9 Å². The van der Waals surface area contributed by atoms with Crippen LogP contribution in [0.15, 0.2) is 35.2 Å². The van der Waals surface area contributed by atoms with Gasteiger partial charge in [-0.25, -0.2) is 8.42 Å². The number of benzene rings is 1. The predicted octanol–water partition coefficient (Wildman–Crippen LogP) is 1.83. The van der Waals surface area contributed by atoms with E-state index in [1.165, 1.54) is 17.1 Å². The number of sulfonamides is 1. The molecule has 2 aliphatic heterocycles. The van der Waals surface area contributed by atoms with Crippen LogP contribution in [-0.2, 0) is 14.8 Å². The first-order chi connectivity index (χ1) is 13.0. The van der Waals surface area contributed by atoms with Crippen LogP contribution in [0.25, 0.3) is 0 Å². The molecule has 3 fully saturated rings. The van der Waals surface area contributed by atoms with Gasteiger partial charge < -0.3 is 10.2 Å². The smallest absolute Gasteiger partial charge is 0.243 e. The van der Waals surface area contributed by atoms with Crippen LogP contribution in [0, 0.1) is 5.92 Å². The Kier molecular flexibility index (Phi) is 5.53. The first-order valence-electron chi connectivity index (χ1n) is 10.1. The molecule has 4 rings (SSSR count). The average molecular weight is 392 g/mol. The highest BCUT2D eigenvalue weighted by atomic mass is 32.2. The molecule has 1 amide bonds. The van der Waals surface area contributed by atoms with Crippen molar-refractivity contribution in [3.05, 3.63) is 30.3 Å². The number of hydrogen-bond donors (Lipinski definition) is 1. The zero-order valence-electron chi connectivity index (χ0n) is 15.7. The van der Waals surface area contributed by atoms with Crippen molar-refractivity contribution >= 4 is 15.9 Å². The summed E-state index contributed by atoms with van der Waals surface area (Å²) in [4.78, 5) is 15.6. The molecule has 0 bridgehead atoms. The Morgan fingerprint density at radius 1 is 0.963 bits per heavy atom. The molecule has 1 N–H and O–H groups in total. The zero-order chi connectivity index (χ0) is 18.9. The molecule has 1 aromatic rings. The second kappa shape index (κ2) is 7.89. The van der Waals surface area contributed by atoms with Crippen LogP contribution in [0.5, 0.6) is 0 Å². The van der Waals surface area contributed by atoms with Gasteiger partial charge >= 0.3 is 0 Å². The largest absolute Gasteiger partial charge is 0.353 e. The van der Waals surface area contributed by atoms with Gasteiger partial charge in [0.15, 0.2) is 0 Å². The molecular formula is C20H29N3O3S. The van der Waals surface area contributed by atoms with Crippen molar-refractivity contribution in [3.8, 4) is 0 Å². The van der Waals surface area contributed by atoms with Crippen molar-refractivity contribution in [3.63, 3.8) is 0 Å². The van der Waals surface area contributed by atoms with E-state index in [1.807, 2.05) is 0 Å². The monoisotopic (exact) mass is 391 g/mol. The quantitative estimate of drug-likeness (QED) is 0.831.